The fourth-order valence-electron chi connectivity index (χ4n) is 2.87. The topological polar surface area (TPSA) is 40.6 Å². The van der Waals surface area contributed by atoms with E-state index in [2.05, 4.69) is 0 Å². The highest BCUT2D eigenvalue weighted by atomic mass is 19.1. The van der Waals surface area contributed by atoms with Crippen molar-refractivity contribution >= 4 is 12.3 Å². The summed E-state index contributed by atoms with van der Waals surface area (Å²) < 4.78 is 13.1. The lowest BCUT2D eigenvalue weighted by Crippen LogP contribution is -2.51. The van der Waals surface area contributed by atoms with E-state index in [0.29, 0.717) is 19.6 Å². The van der Waals surface area contributed by atoms with Crippen LogP contribution in [0.25, 0.3) is 0 Å². The van der Waals surface area contributed by atoms with Gasteiger partial charge in [0, 0.05) is 25.0 Å². The molecule has 0 aromatic heterocycles. The predicted octanol–water partition coefficient (Wildman–Crippen LogP) is 1.97. The quantitative estimate of drug-likeness (QED) is 0.799. The van der Waals surface area contributed by atoms with Crippen LogP contribution >= 0.6 is 0 Å². The summed E-state index contributed by atoms with van der Waals surface area (Å²) in [5, 5.41) is 0. The number of hydrogen-bond acceptors (Lipinski definition) is 2. The molecule has 1 saturated heterocycles. The van der Waals surface area contributed by atoms with Crippen molar-refractivity contribution in [3.05, 3.63) is 35.6 Å². The number of rotatable bonds is 3. The minimum absolute atomic E-state index is 0.181. The Morgan fingerprint density at radius 3 is 2.52 bits per heavy atom. The van der Waals surface area contributed by atoms with E-state index < -0.39 is 0 Å². The minimum Gasteiger partial charge on any atom is -0.338 e. The molecule has 0 N–H and O–H groups in total. The van der Waals surface area contributed by atoms with E-state index in [9.17, 15) is 14.0 Å². The van der Waals surface area contributed by atoms with Gasteiger partial charge >= 0.3 is 0 Å². The molecule has 2 aliphatic rings. The predicted molar refractivity (Wildman–Crippen MR) is 75.8 cm³/mol. The van der Waals surface area contributed by atoms with E-state index in [-0.39, 0.29) is 23.2 Å². The van der Waals surface area contributed by atoms with Crippen molar-refractivity contribution in [1.29, 1.82) is 0 Å². The van der Waals surface area contributed by atoms with Crippen molar-refractivity contribution in [3.8, 4) is 0 Å². The van der Waals surface area contributed by atoms with Crippen LogP contribution in [-0.4, -0.2) is 41.8 Å². The van der Waals surface area contributed by atoms with Crippen LogP contribution in [0.2, 0.25) is 0 Å². The molecular formula is C16H19FN2O2. The minimum atomic E-state index is -0.300. The Morgan fingerprint density at radius 2 is 1.95 bits per heavy atom. The van der Waals surface area contributed by atoms with Gasteiger partial charge < -0.3 is 9.80 Å². The molecule has 2 fully saturated rings. The van der Waals surface area contributed by atoms with Crippen LogP contribution in [0.15, 0.2) is 24.3 Å². The maximum absolute atomic E-state index is 13.1. The van der Waals surface area contributed by atoms with Crippen LogP contribution in [0.1, 0.15) is 31.4 Å². The third kappa shape index (κ3) is 2.64. The third-order valence-electron chi connectivity index (χ3n) is 4.62. The molecule has 1 aromatic rings. The number of benzene rings is 1. The first-order chi connectivity index (χ1) is 10.0. The zero-order valence-corrected chi connectivity index (χ0v) is 12.1. The van der Waals surface area contributed by atoms with Gasteiger partial charge in [0.1, 0.15) is 5.82 Å². The van der Waals surface area contributed by atoms with E-state index >= 15 is 0 Å². The molecule has 1 heterocycles. The highest BCUT2D eigenvalue weighted by Gasteiger charge is 2.48. The number of amides is 2. The summed E-state index contributed by atoms with van der Waals surface area (Å²) in [6.07, 6.45) is 2.70. The number of carbonyl (C=O) groups excluding carboxylic acids is 2. The summed E-state index contributed by atoms with van der Waals surface area (Å²) in [5.41, 5.74) is 0.665. The molecule has 1 aliphatic heterocycles. The zero-order chi connectivity index (χ0) is 15.0. The van der Waals surface area contributed by atoms with Gasteiger partial charge in [-0.3, -0.25) is 9.59 Å². The standard InChI is InChI=1S/C16H19FN2O2/c1-16(6-7-16)15(21)18-8-9-19(11-20)14(10-18)12-2-4-13(17)5-3-12/h2-5,11,14H,6-10H2,1H3. The Morgan fingerprint density at radius 1 is 1.29 bits per heavy atom. The summed E-state index contributed by atoms with van der Waals surface area (Å²) in [4.78, 5) is 27.2. The average molecular weight is 290 g/mol. The molecule has 1 saturated carbocycles. The van der Waals surface area contributed by atoms with Gasteiger partial charge in [0.05, 0.1) is 6.04 Å². The third-order valence-corrected chi connectivity index (χ3v) is 4.62. The number of nitrogens with zero attached hydrogens (tertiary/aromatic N) is 2. The highest BCUT2D eigenvalue weighted by molar-refractivity contribution is 5.85. The largest absolute Gasteiger partial charge is 0.338 e. The van der Waals surface area contributed by atoms with Gasteiger partial charge in [-0.2, -0.15) is 0 Å². The molecule has 21 heavy (non-hydrogen) atoms. The van der Waals surface area contributed by atoms with Crippen molar-refractivity contribution in [3.63, 3.8) is 0 Å². The molecule has 3 rings (SSSR count). The van der Waals surface area contributed by atoms with Crippen LogP contribution in [0.3, 0.4) is 0 Å². The first-order valence-corrected chi connectivity index (χ1v) is 7.29. The van der Waals surface area contributed by atoms with E-state index in [0.717, 1.165) is 24.8 Å². The Balaban J connectivity index is 1.80. The summed E-state index contributed by atoms with van der Waals surface area (Å²) in [5.74, 6) is -0.120. The lowest BCUT2D eigenvalue weighted by Gasteiger charge is -2.40. The first-order valence-electron chi connectivity index (χ1n) is 7.29. The molecule has 5 heteroatoms. The van der Waals surface area contributed by atoms with Crippen LogP contribution < -0.4 is 0 Å². The second kappa shape index (κ2) is 5.13. The molecule has 0 radical (unpaired) electrons. The Hall–Kier alpha value is -1.91. The lowest BCUT2D eigenvalue weighted by atomic mass is 10.0. The Labute approximate surface area is 123 Å². The van der Waals surface area contributed by atoms with Crippen LogP contribution in [0, 0.1) is 11.2 Å². The molecular weight excluding hydrogens is 271 g/mol. The van der Waals surface area contributed by atoms with Crippen molar-refractivity contribution in [2.24, 2.45) is 5.41 Å². The summed E-state index contributed by atoms with van der Waals surface area (Å²) in [7, 11) is 0. The SMILES string of the molecule is CC1(C(=O)N2CCN(C=O)C(c3ccc(F)cc3)C2)CC1. The second-order valence-corrected chi connectivity index (χ2v) is 6.22. The van der Waals surface area contributed by atoms with Gasteiger partial charge in [-0.15, -0.1) is 0 Å². The maximum Gasteiger partial charge on any atom is 0.228 e. The van der Waals surface area contributed by atoms with E-state index in [1.54, 1.807) is 17.0 Å². The molecule has 0 bridgehead atoms. The summed E-state index contributed by atoms with van der Waals surface area (Å²) >= 11 is 0. The number of piperazine rings is 1. The monoisotopic (exact) mass is 290 g/mol. The first kappa shape index (κ1) is 14.0. The van der Waals surface area contributed by atoms with Crippen LogP contribution in [0.5, 0.6) is 0 Å². The molecule has 1 atom stereocenters. The smallest absolute Gasteiger partial charge is 0.228 e. The van der Waals surface area contributed by atoms with E-state index in [1.165, 1.54) is 12.1 Å². The fourth-order valence-corrected chi connectivity index (χ4v) is 2.87. The molecule has 4 nitrogen and oxygen atoms in total. The molecule has 1 aliphatic carbocycles. The average Bonchev–Trinajstić information content (AvgIpc) is 3.26. The normalized spacial score (nSPS) is 23.8. The Bertz CT molecular complexity index is 554. The molecule has 0 spiro atoms. The van der Waals surface area contributed by atoms with Crippen molar-refractivity contribution in [2.75, 3.05) is 19.6 Å². The van der Waals surface area contributed by atoms with Crippen LogP contribution in [0.4, 0.5) is 4.39 Å². The van der Waals surface area contributed by atoms with Gasteiger partial charge in [0.15, 0.2) is 0 Å². The van der Waals surface area contributed by atoms with E-state index in [1.807, 2.05) is 11.8 Å². The lowest BCUT2D eigenvalue weighted by molar-refractivity contribution is -0.142. The maximum atomic E-state index is 13.1. The number of carbonyl (C=O) groups is 2. The van der Waals surface area contributed by atoms with Gasteiger partial charge in [-0.25, -0.2) is 4.39 Å². The van der Waals surface area contributed by atoms with Crippen molar-refractivity contribution in [2.45, 2.75) is 25.8 Å². The van der Waals surface area contributed by atoms with Crippen LogP contribution in [-0.2, 0) is 9.59 Å². The zero-order valence-electron chi connectivity index (χ0n) is 12.1. The number of halogens is 1. The van der Waals surface area contributed by atoms with E-state index in [4.69, 9.17) is 0 Å². The summed E-state index contributed by atoms with van der Waals surface area (Å²) in [6, 6.07) is 5.96. The molecule has 1 unspecified atom stereocenters. The summed E-state index contributed by atoms with van der Waals surface area (Å²) in [6.45, 7) is 3.57. The van der Waals surface area contributed by atoms with Crippen molar-refractivity contribution < 1.29 is 14.0 Å². The van der Waals surface area contributed by atoms with Gasteiger partial charge in [-0.05, 0) is 30.5 Å². The van der Waals surface area contributed by atoms with Gasteiger partial charge in [0.25, 0.3) is 0 Å². The second-order valence-electron chi connectivity index (χ2n) is 6.22. The highest BCUT2D eigenvalue weighted by Crippen LogP contribution is 2.47. The fraction of sp³-hybridized carbons (Fsp3) is 0.500. The van der Waals surface area contributed by atoms with Gasteiger partial charge in [-0.1, -0.05) is 19.1 Å². The molecule has 1 aromatic carbocycles. The Kier molecular flexibility index (Phi) is 3.43. The van der Waals surface area contributed by atoms with Crippen molar-refractivity contribution in [1.82, 2.24) is 9.80 Å². The van der Waals surface area contributed by atoms with Gasteiger partial charge in [0.2, 0.25) is 12.3 Å². The number of hydrogen-bond donors (Lipinski definition) is 0. The molecule has 2 amide bonds. The molecule has 112 valence electrons.